The van der Waals surface area contributed by atoms with E-state index in [1.54, 1.807) is 7.11 Å². The number of methoxy groups -OCH3 is 1. The average Bonchev–Trinajstić information content (AvgIpc) is 2.54. The number of anilines is 1. The van der Waals surface area contributed by atoms with E-state index in [4.69, 9.17) is 15.3 Å². The Kier molecular flexibility index (Phi) is 6.75. The fourth-order valence-electron chi connectivity index (χ4n) is 2.45. The number of hydrogen-bond acceptors (Lipinski definition) is 6. The fourth-order valence-corrected chi connectivity index (χ4v) is 2.45. The maximum absolute atomic E-state index is 5.58. The average molecular weight is 294 g/mol. The molecule has 21 heavy (non-hydrogen) atoms. The second-order valence-electron chi connectivity index (χ2n) is 5.12. The predicted molar refractivity (Wildman–Crippen MR) is 84.7 cm³/mol. The Hall–Kier alpha value is -1.34. The van der Waals surface area contributed by atoms with Crippen LogP contribution in [-0.4, -0.2) is 64.5 Å². The second-order valence-corrected chi connectivity index (χ2v) is 5.12. The number of benzene rings is 1. The Morgan fingerprint density at radius 2 is 1.81 bits per heavy atom. The van der Waals surface area contributed by atoms with Crippen molar-refractivity contribution in [2.75, 3.05) is 64.5 Å². The van der Waals surface area contributed by atoms with Crippen molar-refractivity contribution in [3.63, 3.8) is 0 Å². The summed E-state index contributed by atoms with van der Waals surface area (Å²) in [6.45, 7) is 7.31. The van der Waals surface area contributed by atoms with Gasteiger partial charge < -0.3 is 14.4 Å². The number of ether oxygens (including phenoxy) is 2. The van der Waals surface area contributed by atoms with Gasteiger partial charge in [-0.15, -0.1) is 0 Å². The molecule has 6 nitrogen and oxygen atoms in total. The third kappa shape index (κ3) is 5.17. The summed E-state index contributed by atoms with van der Waals surface area (Å²) in [5, 5.41) is 0. The maximum atomic E-state index is 5.58. The molecule has 0 radical (unpaired) electrons. The van der Waals surface area contributed by atoms with Gasteiger partial charge in [-0.1, -0.05) is 0 Å². The first-order valence-electron chi connectivity index (χ1n) is 7.46. The van der Waals surface area contributed by atoms with Crippen LogP contribution in [0.3, 0.4) is 0 Å². The third-order valence-corrected chi connectivity index (χ3v) is 3.70. The van der Waals surface area contributed by atoms with E-state index in [-0.39, 0.29) is 0 Å². The highest BCUT2D eigenvalue weighted by atomic mass is 16.5. The molecule has 1 saturated heterocycles. The first kappa shape index (κ1) is 16.0. The van der Waals surface area contributed by atoms with Gasteiger partial charge in [-0.25, -0.2) is 0 Å². The fraction of sp³-hybridized carbons (Fsp3) is 0.600. The van der Waals surface area contributed by atoms with Gasteiger partial charge in [0, 0.05) is 52.1 Å². The molecule has 1 aliphatic heterocycles. The van der Waals surface area contributed by atoms with Crippen LogP contribution in [0.2, 0.25) is 0 Å². The monoisotopic (exact) mass is 294 g/mol. The van der Waals surface area contributed by atoms with Crippen LogP contribution >= 0.6 is 0 Å². The van der Waals surface area contributed by atoms with Crippen LogP contribution in [0.4, 0.5) is 5.69 Å². The molecule has 0 saturated carbocycles. The molecule has 0 bridgehead atoms. The van der Waals surface area contributed by atoms with Crippen molar-refractivity contribution in [3.8, 4) is 5.75 Å². The number of piperazine rings is 1. The van der Waals surface area contributed by atoms with Gasteiger partial charge in [-0.3, -0.25) is 16.2 Å². The van der Waals surface area contributed by atoms with E-state index >= 15 is 0 Å². The number of nitrogens with zero attached hydrogens (tertiary/aromatic N) is 2. The maximum Gasteiger partial charge on any atom is 0.119 e. The molecule has 1 aromatic rings. The lowest BCUT2D eigenvalue weighted by atomic mass is 10.2. The highest BCUT2D eigenvalue weighted by Gasteiger charge is 2.16. The normalized spacial score (nSPS) is 16.2. The summed E-state index contributed by atoms with van der Waals surface area (Å²) in [6.07, 6.45) is 0. The van der Waals surface area contributed by atoms with Crippen molar-refractivity contribution >= 4 is 5.69 Å². The first-order chi connectivity index (χ1) is 10.3. The molecule has 0 unspecified atom stereocenters. The van der Waals surface area contributed by atoms with Crippen LogP contribution in [0.25, 0.3) is 0 Å². The van der Waals surface area contributed by atoms with Crippen molar-refractivity contribution in [2.45, 2.75) is 0 Å². The standard InChI is InChI=1S/C15H26N4O2/c1-20-12-13-21-15-4-2-14(3-5-15)19-10-8-18(9-11-19)7-6-17-16/h2-5,17H,6-13,16H2,1H3. The van der Waals surface area contributed by atoms with E-state index in [0.717, 1.165) is 45.0 Å². The molecule has 0 spiro atoms. The lowest BCUT2D eigenvalue weighted by molar-refractivity contribution is 0.146. The molecular weight excluding hydrogens is 268 g/mol. The number of nitrogens with two attached hydrogens (primary N) is 1. The van der Waals surface area contributed by atoms with E-state index in [1.807, 2.05) is 12.1 Å². The van der Waals surface area contributed by atoms with Gasteiger partial charge in [0.05, 0.1) is 6.61 Å². The van der Waals surface area contributed by atoms with Crippen LogP contribution in [0, 0.1) is 0 Å². The quantitative estimate of drug-likeness (QED) is 0.408. The van der Waals surface area contributed by atoms with Crippen LogP contribution in [-0.2, 0) is 4.74 Å². The third-order valence-electron chi connectivity index (χ3n) is 3.70. The Morgan fingerprint density at radius 1 is 1.10 bits per heavy atom. The van der Waals surface area contributed by atoms with Crippen LogP contribution in [0.15, 0.2) is 24.3 Å². The Balaban J connectivity index is 1.78. The van der Waals surface area contributed by atoms with Crippen LogP contribution in [0.5, 0.6) is 5.75 Å². The van der Waals surface area contributed by atoms with Gasteiger partial charge in [-0.2, -0.15) is 0 Å². The zero-order valence-electron chi connectivity index (χ0n) is 12.8. The summed E-state index contributed by atoms with van der Waals surface area (Å²) < 4.78 is 10.5. The summed E-state index contributed by atoms with van der Waals surface area (Å²) in [5.41, 5.74) is 3.96. The molecule has 2 rings (SSSR count). The molecular formula is C15H26N4O2. The summed E-state index contributed by atoms with van der Waals surface area (Å²) in [4.78, 5) is 4.84. The smallest absolute Gasteiger partial charge is 0.119 e. The molecule has 6 heteroatoms. The van der Waals surface area contributed by atoms with Crippen molar-refractivity contribution < 1.29 is 9.47 Å². The summed E-state index contributed by atoms with van der Waals surface area (Å²) >= 11 is 0. The molecule has 1 heterocycles. The van der Waals surface area contributed by atoms with Gasteiger partial charge in [-0.05, 0) is 24.3 Å². The van der Waals surface area contributed by atoms with Gasteiger partial charge in [0.1, 0.15) is 12.4 Å². The number of hydrazine groups is 1. The minimum Gasteiger partial charge on any atom is -0.491 e. The number of nitrogens with one attached hydrogen (secondary N) is 1. The molecule has 0 aromatic heterocycles. The van der Waals surface area contributed by atoms with Gasteiger partial charge in [0.15, 0.2) is 0 Å². The van der Waals surface area contributed by atoms with Gasteiger partial charge in [0.25, 0.3) is 0 Å². The van der Waals surface area contributed by atoms with E-state index in [0.29, 0.717) is 13.2 Å². The minimum absolute atomic E-state index is 0.587. The Labute approximate surface area is 126 Å². The molecule has 3 N–H and O–H groups in total. The number of hydrogen-bond donors (Lipinski definition) is 2. The minimum atomic E-state index is 0.587. The van der Waals surface area contributed by atoms with Crippen molar-refractivity contribution in [2.24, 2.45) is 5.84 Å². The first-order valence-corrected chi connectivity index (χ1v) is 7.46. The highest BCUT2D eigenvalue weighted by Crippen LogP contribution is 2.20. The molecule has 0 atom stereocenters. The molecule has 118 valence electrons. The van der Waals surface area contributed by atoms with Crippen molar-refractivity contribution in [3.05, 3.63) is 24.3 Å². The Bertz CT molecular complexity index is 391. The number of rotatable bonds is 8. The molecule has 0 amide bonds. The van der Waals surface area contributed by atoms with Gasteiger partial charge >= 0.3 is 0 Å². The largest absolute Gasteiger partial charge is 0.491 e. The van der Waals surface area contributed by atoms with Crippen molar-refractivity contribution in [1.29, 1.82) is 0 Å². The van der Waals surface area contributed by atoms with Crippen molar-refractivity contribution in [1.82, 2.24) is 10.3 Å². The van der Waals surface area contributed by atoms with E-state index in [2.05, 4.69) is 27.4 Å². The highest BCUT2D eigenvalue weighted by molar-refractivity contribution is 5.49. The molecule has 1 aromatic carbocycles. The summed E-state index contributed by atoms with van der Waals surface area (Å²) in [5.74, 6) is 6.21. The van der Waals surface area contributed by atoms with Crippen LogP contribution < -0.4 is 20.9 Å². The van der Waals surface area contributed by atoms with E-state index in [1.165, 1.54) is 5.69 Å². The van der Waals surface area contributed by atoms with E-state index in [9.17, 15) is 0 Å². The molecule has 1 aliphatic rings. The van der Waals surface area contributed by atoms with E-state index < -0.39 is 0 Å². The SMILES string of the molecule is COCCOc1ccc(N2CCN(CCNN)CC2)cc1. The lowest BCUT2D eigenvalue weighted by Crippen LogP contribution is -2.48. The lowest BCUT2D eigenvalue weighted by Gasteiger charge is -2.36. The van der Waals surface area contributed by atoms with Crippen LogP contribution in [0.1, 0.15) is 0 Å². The molecule has 0 aliphatic carbocycles. The zero-order chi connectivity index (χ0) is 14.9. The zero-order valence-corrected chi connectivity index (χ0v) is 12.8. The Morgan fingerprint density at radius 3 is 2.43 bits per heavy atom. The summed E-state index contributed by atoms with van der Waals surface area (Å²) in [7, 11) is 1.68. The topological polar surface area (TPSA) is 63.0 Å². The molecule has 1 fully saturated rings. The van der Waals surface area contributed by atoms with Gasteiger partial charge in [0.2, 0.25) is 0 Å². The summed E-state index contributed by atoms with van der Waals surface area (Å²) in [6, 6.07) is 8.30. The second kappa shape index (κ2) is 8.84. The predicted octanol–water partition coefficient (Wildman–Crippen LogP) is 0.297.